The molecule has 0 bridgehead atoms. The molecule has 0 fully saturated rings. The van der Waals surface area contributed by atoms with Crippen molar-refractivity contribution in [3.63, 3.8) is 0 Å². The van der Waals surface area contributed by atoms with E-state index in [1.807, 2.05) is 31.2 Å². The SMILES string of the molecule is Cc1ccc(NC2=CC(=NS(=O)(=O)c3ccc(C(=O)[O-])cc3)c3ccccc3C2=O)cc1. The van der Waals surface area contributed by atoms with Crippen molar-refractivity contribution in [1.82, 2.24) is 0 Å². The highest BCUT2D eigenvalue weighted by Crippen LogP contribution is 2.25. The third-order valence-corrected chi connectivity index (χ3v) is 6.22. The van der Waals surface area contributed by atoms with Crippen LogP contribution >= 0.6 is 0 Å². The lowest BCUT2D eigenvalue weighted by Crippen LogP contribution is -2.23. The molecule has 0 aliphatic heterocycles. The van der Waals surface area contributed by atoms with Crippen molar-refractivity contribution in [2.45, 2.75) is 11.8 Å². The molecule has 0 spiro atoms. The van der Waals surface area contributed by atoms with Crippen LogP contribution in [0.2, 0.25) is 0 Å². The highest BCUT2D eigenvalue weighted by molar-refractivity contribution is 7.90. The smallest absolute Gasteiger partial charge is 0.282 e. The van der Waals surface area contributed by atoms with Gasteiger partial charge in [-0.05, 0) is 42.8 Å². The van der Waals surface area contributed by atoms with E-state index in [9.17, 15) is 23.1 Å². The van der Waals surface area contributed by atoms with Gasteiger partial charge >= 0.3 is 0 Å². The molecule has 0 saturated heterocycles. The number of allylic oxidation sites excluding steroid dienone is 2. The number of aromatic carboxylic acids is 1. The number of nitrogens with one attached hydrogen (secondary N) is 1. The Hall–Kier alpha value is -4.04. The molecule has 0 saturated carbocycles. The fourth-order valence-electron chi connectivity index (χ4n) is 3.24. The Morgan fingerprint density at radius 3 is 2.16 bits per heavy atom. The van der Waals surface area contributed by atoms with Gasteiger partial charge in [-0.25, -0.2) is 0 Å². The summed E-state index contributed by atoms with van der Waals surface area (Å²) in [5, 5.41) is 14.0. The number of hydrogen-bond acceptors (Lipinski definition) is 6. The average Bonchev–Trinajstić information content (AvgIpc) is 2.78. The van der Waals surface area contributed by atoms with Gasteiger partial charge in [0.25, 0.3) is 10.0 Å². The second kappa shape index (κ2) is 8.24. The van der Waals surface area contributed by atoms with E-state index in [1.165, 1.54) is 6.08 Å². The van der Waals surface area contributed by atoms with Crippen molar-refractivity contribution in [2.24, 2.45) is 4.40 Å². The minimum Gasteiger partial charge on any atom is -0.545 e. The average molecular weight is 445 g/mol. The zero-order chi connectivity index (χ0) is 22.9. The summed E-state index contributed by atoms with van der Waals surface area (Å²) in [6.07, 6.45) is 1.40. The number of fused-ring (bicyclic) bond motifs is 1. The normalized spacial score (nSPS) is 14.6. The van der Waals surface area contributed by atoms with Gasteiger partial charge in [0.05, 0.1) is 22.3 Å². The first-order valence-electron chi connectivity index (χ1n) is 9.60. The van der Waals surface area contributed by atoms with E-state index in [0.717, 1.165) is 29.8 Å². The molecular formula is C24H17N2O5S-. The lowest BCUT2D eigenvalue weighted by Gasteiger charge is -2.19. The summed E-state index contributed by atoms with van der Waals surface area (Å²) in [5.74, 6) is -1.69. The quantitative estimate of drug-likeness (QED) is 0.646. The first kappa shape index (κ1) is 21.2. The number of rotatable bonds is 5. The van der Waals surface area contributed by atoms with Crippen molar-refractivity contribution in [3.8, 4) is 0 Å². The fourth-order valence-corrected chi connectivity index (χ4v) is 4.23. The topological polar surface area (TPSA) is 116 Å². The van der Waals surface area contributed by atoms with Gasteiger partial charge in [-0.15, -0.1) is 0 Å². The van der Waals surface area contributed by atoms with Crippen LogP contribution < -0.4 is 10.4 Å². The molecule has 0 unspecified atom stereocenters. The molecule has 0 radical (unpaired) electrons. The van der Waals surface area contributed by atoms with Crippen molar-refractivity contribution >= 4 is 33.2 Å². The number of anilines is 1. The van der Waals surface area contributed by atoms with Crippen molar-refractivity contribution in [3.05, 3.63) is 107 Å². The molecule has 4 rings (SSSR count). The summed E-state index contributed by atoms with van der Waals surface area (Å²) in [6, 6.07) is 18.6. The number of ketones is 1. The maximum absolute atomic E-state index is 13.0. The summed E-state index contributed by atoms with van der Waals surface area (Å²) in [6.45, 7) is 1.94. The number of nitrogens with zero attached hydrogens (tertiary/aromatic N) is 1. The summed E-state index contributed by atoms with van der Waals surface area (Å²) >= 11 is 0. The molecule has 1 aliphatic carbocycles. The summed E-state index contributed by atoms with van der Waals surface area (Å²) < 4.78 is 29.7. The summed E-state index contributed by atoms with van der Waals surface area (Å²) in [4.78, 5) is 23.7. The number of carbonyl (C=O) groups is 2. The number of carbonyl (C=O) groups excluding carboxylic acids is 2. The number of aryl methyl sites for hydroxylation is 1. The molecule has 1 aliphatic rings. The monoisotopic (exact) mass is 445 g/mol. The molecule has 0 amide bonds. The molecule has 3 aromatic carbocycles. The Labute approximate surface area is 184 Å². The van der Waals surface area contributed by atoms with Gasteiger partial charge in [-0.3, -0.25) is 4.79 Å². The Bertz CT molecular complexity index is 1390. The van der Waals surface area contributed by atoms with Gasteiger partial charge < -0.3 is 15.2 Å². The molecule has 3 aromatic rings. The van der Waals surface area contributed by atoms with Gasteiger partial charge in [0.2, 0.25) is 5.78 Å². The predicted octanol–water partition coefficient (Wildman–Crippen LogP) is 2.73. The Balaban J connectivity index is 1.78. The molecule has 0 atom stereocenters. The van der Waals surface area contributed by atoms with Crippen LogP contribution in [-0.2, 0) is 10.0 Å². The van der Waals surface area contributed by atoms with Crippen LogP contribution in [0.1, 0.15) is 31.8 Å². The van der Waals surface area contributed by atoms with Gasteiger partial charge in [0.15, 0.2) is 0 Å². The van der Waals surface area contributed by atoms with E-state index in [2.05, 4.69) is 9.71 Å². The predicted molar refractivity (Wildman–Crippen MR) is 118 cm³/mol. The number of hydrogen-bond donors (Lipinski definition) is 1. The van der Waals surface area contributed by atoms with E-state index >= 15 is 0 Å². The summed E-state index contributed by atoms with van der Waals surface area (Å²) in [5.41, 5.74) is 2.59. The largest absolute Gasteiger partial charge is 0.545 e. The van der Waals surface area contributed by atoms with E-state index < -0.39 is 16.0 Å². The third kappa shape index (κ3) is 4.21. The van der Waals surface area contributed by atoms with Gasteiger partial charge in [-0.1, -0.05) is 54.1 Å². The van der Waals surface area contributed by atoms with Gasteiger partial charge in [-0.2, -0.15) is 12.8 Å². The van der Waals surface area contributed by atoms with Crippen molar-refractivity contribution in [1.29, 1.82) is 0 Å². The van der Waals surface area contributed by atoms with E-state index in [0.29, 0.717) is 16.8 Å². The zero-order valence-electron chi connectivity index (χ0n) is 16.9. The van der Waals surface area contributed by atoms with Crippen LogP contribution in [-0.4, -0.2) is 25.9 Å². The van der Waals surface area contributed by atoms with E-state index in [-0.39, 0.29) is 27.7 Å². The fraction of sp³-hybridized carbons (Fsp3) is 0.0417. The lowest BCUT2D eigenvalue weighted by atomic mass is 9.92. The molecule has 160 valence electrons. The number of carboxylic acid groups (broad SMARTS) is 1. The highest BCUT2D eigenvalue weighted by atomic mass is 32.2. The molecule has 8 heteroatoms. The van der Waals surface area contributed by atoms with Crippen LogP contribution in [0.25, 0.3) is 0 Å². The highest BCUT2D eigenvalue weighted by Gasteiger charge is 2.26. The molecular weight excluding hydrogens is 428 g/mol. The second-order valence-electron chi connectivity index (χ2n) is 7.19. The first-order chi connectivity index (χ1) is 15.2. The maximum Gasteiger partial charge on any atom is 0.282 e. The molecule has 7 nitrogen and oxygen atoms in total. The van der Waals surface area contributed by atoms with E-state index in [1.54, 1.807) is 24.3 Å². The number of benzene rings is 3. The van der Waals surface area contributed by atoms with Gasteiger partial charge in [0.1, 0.15) is 0 Å². The molecule has 0 aromatic heterocycles. The van der Waals surface area contributed by atoms with Crippen LogP contribution in [0, 0.1) is 6.92 Å². The molecule has 32 heavy (non-hydrogen) atoms. The number of Topliss-reactive ketones (excluding diaryl/α,β-unsaturated/α-hetero) is 1. The lowest BCUT2D eigenvalue weighted by molar-refractivity contribution is -0.255. The van der Waals surface area contributed by atoms with Gasteiger partial charge in [0, 0.05) is 16.8 Å². The maximum atomic E-state index is 13.0. The molecule has 0 heterocycles. The van der Waals surface area contributed by atoms with Crippen LogP contribution in [0.15, 0.2) is 93.9 Å². The first-order valence-corrected chi connectivity index (χ1v) is 11.0. The molecule has 1 N–H and O–H groups in total. The Morgan fingerprint density at radius 1 is 0.906 bits per heavy atom. The van der Waals surface area contributed by atoms with Crippen LogP contribution in [0.5, 0.6) is 0 Å². The zero-order valence-corrected chi connectivity index (χ0v) is 17.7. The number of carboxylic acids is 1. The third-order valence-electron chi connectivity index (χ3n) is 4.91. The Kier molecular flexibility index (Phi) is 5.46. The Morgan fingerprint density at radius 2 is 1.53 bits per heavy atom. The standard InChI is InChI=1S/C24H18N2O5S/c1-15-6-10-17(11-7-15)25-22-14-21(19-4-2-3-5-20(19)23(22)27)26-32(30,31)18-12-8-16(9-13-18)24(28)29/h2-14,25H,1H3,(H,28,29)/p-1. The van der Waals surface area contributed by atoms with Crippen molar-refractivity contribution in [2.75, 3.05) is 5.32 Å². The second-order valence-corrected chi connectivity index (χ2v) is 8.79. The summed E-state index contributed by atoms with van der Waals surface area (Å²) in [7, 11) is -4.17. The minimum absolute atomic E-state index is 0.0961. The van der Waals surface area contributed by atoms with E-state index in [4.69, 9.17) is 0 Å². The number of sulfonamides is 1. The van der Waals surface area contributed by atoms with Crippen LogP contribution in [0.4, 0.5) is 5.69 Å². The van der Waals surface area contributed by atoms with Crippen molar-refractivity contribution < 1.29 is 23.1 Å². The minimum atomic E-state index is -4.17. The van der Waals surface area contributed by atoms with Crippen LogP contribution in [0.3, 0.4) is 0 Å².